The second-order valence-corrected chi connectivity index (χ2v) is 23.3. The van der Waals surface area contributed by atoms with Crippen molar-refractivity contribution in [3.05, 3.63) is 11.8 Å². The van der Waals surface area contributed by atoms with E-state index in [4.69, 9.17) is 56.7 Å². The van der Waals surface area contributed by atoms with Gasteiger partial charge in [0, 0.05) is 29.6 Å². The Morgan fingerprint density at radius 2 is 0.845 bits per heavy atom. The lowest BCUT2D eigenvalue weighted by Gasteiger charge is -2.45. The van der Waals surface area contributed by atoms with Gasteiger partial charge in [-0.15, -0.1) is 0 Å². The van der Waals surface area contributed by atoms with Gasteiger partial charge in [-0.2, -0.15) is 16.8 Å². The van der Waals surface area contributed by atoms with E-state index in [9.17, 15) is 108 Å². The molecule has 5 fully saturated rings. The Balaban J connectivity index is 1.10. The van der Waals surface area contributed by atoms with Crippen molar-refractivity contribution >= 4 is 32.7 Å². The van der Waals surface area contributed by atoms with Crippen LogP contribution in [0.15, 0.2) is 11.8 Å². The summed E-state index contributed by atoms with van der Waals surface area (Å²) in [5, 5.41) is 159. The molecular weight excluding hydrogens is 1190 g/mol. The molecule has 12 unspecified atom stereocenters. The standard InChI is InChI=1S/C46H76O36S2/c1-16-32(50)42(81-83(64,65)66)39(57)30(75-16)14-71-7-19-18(6-70-12-28-37(55)23(49)3-24(77-28)44(59)60)27(78-25(4-47)34(19)52)11-74-10-22-36(54)38(56)29(79-41(22)45(61)62)13-73-9-21-20(35(53)26(5-48)80-46(21)63)8-72-15-31-40(58)43(82-84(67,68)69)33(51)17(2)76-31/h3,16-23,25-43,46-58,63H,4-15H2,1-2H3,(H,59,60)(H,61,62)(H,64,65,66)(H,67,68,69)/t16?,17?,18?,19-,20-,21?,22-,23+,25?,26?,27+,28-,29-,30-,31-,32+,33+,34-,35-,36+,37?,38?,39?,40?,41?,42-,43-,46?/m0/s1. The van der Waals surface area contributed by atoms with Crippen molar-refractivity contribution < 1.29 is 173 Å². The fourth-order valence-electron chi connectivity index (χ4n) is 10.9. The van der Waals surface area contributed by atoms with Crippen LogP contribution in [-0.4, -0.2) is 334 Å². The van der Waals surface area contributed by atoms with Gasteiger partial charge in [0.1, 0.15) is 85.5 Å². The van der Waals surface area contributed by atoms with Crippen LogP contribution < -0.4 is 0 Å². The molecule has 0 aromatic carbocycles. The van der Waals surface area contributed by atoms with Crippen molar-refractivity contribution in [2.24, 2.45) is 29.6 Å². The van der Waals surface area contributed by atoms with Crippen LogP contribution >= 0.6 is 0 Å². The molecule has 0 bridgehead atoms. The summed E-state index contributed by atoms with van der Waals surface area (Å²) in [5.74, 6) is -10.1. The normalized spacial score (nSPS) is 43.3. The van der Waals surface area contributed by atoms with Gasteiger partial charge < -0.3 is 129 Å². The molecule has 0 spiro atoms. The van der Waals surface area contributed by atoms with Crippen LogP contribution in [-0.2, 0) is 90.9 Å². The molecule has 36 nitrogen and oxygen atoms in total. The Labute approximate surface area is 479 Å². The number of hydrogen-bond acceptors (Lipinski definition) is 32. The molecule has 0 amide bonds. The van der Waals surface area contributed by atoms with Crippen molar-refractivity contribution in [1.82, 2.24) is 0 Å². The number of carbonyl (C=O) groups is 2. The zero-order valence-corrected chi connectivity index (χ0v) is 46.5. The summed E-state index contributed by atoms with van der Waals surface area (Å²) in [6, 6.07) is 0. The molecule has 0 aromatic rings. The van der Waals surface area contributed by atoms with Crippen molar-refractivity contribution in [1.29, 1.82) is 0 Å². The van der Waals surface area contributed by atoms with Gasteiger partial charge in [0.2, 0.25) is 5.76 Å². The maximum Gasteiger partial charge on any atom is 0.397 e. The number of ether oxygens (including phenoxy) is 11. The molecule has 0 radical (unpaired) electrons. The highest BCUT2D eigenvalue weighted by molar-refractivity contribution is 7.81. The van der Waals surface area contributed by atoms with Crippen molar-refractivity contribution in [3.63, 3.8) is 0 Å². The molecule has 6 aliphatic rings. The lowest BCUT2D eigenvalue weighted by atomic mass is 9.79. The van der Waals surface area contributed by atoms with Crippen LogP contribution in [0.2, 0.25) is 0 Å². The van der Waals surface area contributed by atoms with Crippen LogP contribution in [0.1, 0.15) is 13.8 Å². The quantitative estimate of drug-likeness (QED) is 0.0324. The minimum absolute atomic E-state index is 0.482. The van der Waals surface area contributed by atoms with E-state index in [2.05, 4.69) is 8.37 Å². The highest BCUT2D eigenvalue weighted by atomic mass is 32.3. The zero-order valence-electron chi connectivity index (χ0n) is 44.9. The smallest absolute Gasteiger partial charge is 0.397 e. The van der Waals surface area contributed by atoms with Crippen molar-refractivity contribution in [3.8, 4) is 0 Å². The number of aliphatic hydroxyl groups is 13. The largest absolute Gasteiger partial charge is 0.479 e. The molecule has 0 aromatic heterocycles. The van der Waals surface area contributed by atoms with Gasteiger partial charge in [0.05, 0.1) is 116 Å². The number of aliphatic hydroxyl groups excluding tert-OH is 13. The fourth-order valence-corrected chi connectivity index (χ4v) is 11.9. The maximum atomic E-state index is 12.7. The van der Waals surface area contributed by atoms with Gasteiger partial charge in [0.25, 0.3) is 0 Å². The van der Waals surface area contributed by atoms with Gasteiger partial charge >= 0.3 is 32.7 Å². The van der Waals surface area contributed by atoms with Crippen LogP contribution in [0.4, 0.5) is 0 Å². The first-order chi connectivity index (χ1) is 39.4. The second-order valence-electron chi connectivity index (χ2n) is 21.2. The molecule has 6 heterocycles. The molecule has 6 aliphatic heterocycles. The first-order valence-corrected chi connectivity index (χ1v) is 29.1. The number of carboxylic acids is 2. The molecule has 0 aliphatic carbocycles. The van der Waals surface area contributed by atoms with Gasteiger partial charge in [-0.3, -0.25) is 9.11 Å². The highest BCUT2D eigenvalue weighted by Crippen LogP contribution is 2.37. The van der Waals surface area contributed by atoms with Crippen LogP contribution in [0, 0.1) is 29.6 Å². The Kier molecular flexibility index (Phi) is 25.7. The van der Waals surface area contributed by atoms with E-state index >= 15 is 0 Å². The molecule has 84 heavy (non-hydrogen) atoms. The lowest BCUT2D eigenvalue weighted by Crippen LogP contribution is -2.60. The van der Waals surface area contributed by atoms with E-state index in [-0.39, 0.29) is 0 Å². The van der Waals surface area contributed by atoms with Crippen molar-refractivity contribution in [2.45, 2.75) is 154 Å². The molecule has 38 heteroatoms. The number of hydrogen-bond donors (Lipinski definition) is 17. The average Bonchev–Trinajstić information content (AvgIpc) is 2.82. The molecule has 17 N–H and O–H groups in total. The summed E-state index contributed by atoms with van der Waals surface area (Å²) in [6.45, 7) is -4.67. The summed E-state index contributed by atoms with van der Waals surface area (Å²) in [4.78, 5) is 24.4. The van der Waals surface area contributed by atoms with Crippen LogP contribution in [0.25, 0.3) is 0 Å². The first kappa shape index (κ1) is 70.4. The van der Waals surface area contributed by atoms with Crippen molar-refractivity contribution in [2.75, 3.05) is 79.3 Å². The number of rotatable bonds is 28. The summed E-state index contributed by atoms with van der Waals surface area (Å²) >= 11 is 0. The Morgan fingerprint density at radius 3 is 1.30 bits per heavy atom. The molecule has 28 atom stereocenters. The highest BCUT2D eigenvalue weighted by Gasteiger charge is 2.52. The Morgan fingerprint density at radius 1 is 0.440 bits per heavy atom. The van der Waals surface area contributed by atoms with Crippen LogP contribution in [0.5, 0.6) is 0 Å². The summed E-state index contributed by atoms with van der Waals surface area (Å²) < 4.78 is 136. The van der Waals surface area contributed by atoms with E-state index in [0.29, 0.717) is 0 Å². The van der Waals surface area contributed by atoms with Gasteiger partial charge in [-0.05, 0) is 19.9 Å². The SMILES string of the molecule is CC1O[C@@H](COC[C@H]2C(COC[C@@H]3OC(C(=O)O)[C@@H](COC[C@H]4OC(CO)[C@@H](O)[C@@H](COC[C@@H]5OC(C)[C@@H](O)[C@H](OS(=O)(=O)O)C5O)C4COC[C@@H]4OC(C(=O)O)=C[C@@H](O)C4O)[C@@H](O)C3O)C(O)OC(CO)[C@H]2O)C(O)[C@@H](OS(=O)(=O)O)[C@@H]1O. The average molecular weight is 1270 g/mol. The van der Waals surface area contributed by atoms with E-state index < -0.39 is 288 Å². The predicted molar refractivity (Wildman–Crippen MR) is 264 cm³/mol. The number of carboxylic acid groups (broad SMARTS) is 2. The van der Waals surface area contributed by atoms with E-state index in [1.807, 2.05) is 0 Å². The topological polar surface area (TPSA) is 566 Å². The summed E-state index contributed by atoms with van der Waals surface area (Å²) in [6.07, 6.45) is -36.6. The third-order valence-electron chi connectivity index (χ3n) is 15.5. The molecule has 6 rings (SSSR count). The van der Waals surface area contributed by atoms with Gasteiger partial charge in [-0.1, -0.05) is 0 Å². The minimum atomic E-state index is -5.19. The second kappa shape index (κ2) is 30.7. The fraction of sp³-hybridized carbons (Fsp3) is 0.913. The van der Waals surface area contributed by atoms with Gasteiger partial charge in [-0.25, -0.2) is 18.0 Å². The molecule has 488 valence electrons. The first-order valence-electron chi connectivity index (χ1n) is 26.4. The zero-order chi connectivity index (χ0) is 62.3. The minimum Gasteiger partial charge on any atom is -0.479 e. The number of aliphatic carboxylic acids is 2. The molecule has 0 saturated carbocycles. The monoisotopic (exact) mass is 1270 g/mol. The van der Waals surface area contributed by atoms with E-state index in [1.54, 1.807) is 0 Å². The van der Waals surface area contributed by atoms with E-state index in [1.165, 1.54) is 13.8 Å². The molecular formula is C46H76O36S2. The molecule has 5 saturated heterocycles. The Bertz CT molecular complexity index is 2350. The van der Waals surface area contributed by atoms with Gasteiger partial charge in [0.15, 0.2) is 18.5 Å². The van der Waals surface area contributed by atoms with Crippen LogP contribution in [0.3, 0.4) is 0 Å². The summed E-state index contributed by atoms with van der Waals surface area (Å²) in [7, 11) is -10.3. The summed E-state index contributed by atoms with van der Waals surface area (Å²) in [5.41, 5.74) is 0. The maximum absolute atomic E-state index is 12.7. The van der Waals surface area contributed by atoms with E-state index in [0.717, 1.165) is 6.08 Å². The third kappa shape index (κ3) is 17.8. The lowest BCUT2D eigenvalue weighted by molar-refractivity contribution is -0.275. The third-order valence-corrected chi connectivity index (χ3v) is 16.5. The Hall–Kier alpha value is -2.70. The predicted octanol–water partition coefficient (Wildman–Crippen LogP) is -9.60.